The topological polar surface area (TPSA) is 71.5 Å². The molecule has 1 aliphatic carbocycles. The second-order valence-electron chi connectivity index (χ2n) is 4.72. The number of pyridine rings is 1. The van der Waals surface area contributed by atoms with Crippen LogP contribution in [0.4, 0.5) is 14.6 Å². The third-order valence-corrected chi connectivity index (χ3v) is 3.35. The molecule has 0 aliphatic heterocycles. The van der Waals surface area contributed by atoms with Crippen LogP contribution in [0.5, 0.6) is 0 Å². The summed E-state index contributed by atoms with van der Waals surface area (Å²) in [5, 5.41) is 12.1. The Morgan fingerprint density at radius 2 is 2.10 bits per heavy atom. The van der Waals surface area contributed by atoms with E-state index in [1.54, 1.807) is 6.07 Å². The lowest BCUT2D eigenvalue weighted by atomic mass is 9.93. The van der Waals surface area contributed by atoms with Gasteiger partial charge >= 0.3 is 12.6 Å². The molecule has 2 rings (SSSR count). The van der Waals surface area contributed by atoms with Gasteiger partial charge in [-0.2, -0.15) is 8.78 Å². The Balaban J connectivity index is 1.91. The zero-order chi connectivity index (χ0) is 14.5. The van der Waals surface area contributed by atoms with Crippen LogP contribution < -0.4 is 5.32 Å². The van der Waals surface area contributed by atoms with Crippen molar-refractivity contribution in [2.24, 2.45) is 0 Å². The maximum atomic E-state index is 12.1. The quantitative estimate of drug-likeness (QED) is 0.870. The summed E-state index contributed by atoms with van der Waals surface area (Å²) in [6, 6.07) is 3.06. The summed E-state index contributed by atoms with van der Waals surface area (Å²) in [6.45, 7) is -2.74. The Labute approximate surface area is 115 Å². The van der Waals surface area contributed by atoms with Crippen LogP contribution in [0.25, 0.3) is 0 Å². The number of nitrogens with one attached hydrogen (secondary N) is 1. The first-order valence-corrected chi connectivity index (χ1v) is 6.44. The molecule has 0 bridgehead atoms. The van der Waals surface area contributed by atoms with E-state index >= 15 is 0 Å². The third-order valence-electron chi connectivity index (χ3n) is 3.35. The van der Waals surface area contributed by atoms with Crippen LogP contribution in [0.1, 0.15) is 36.0 Å². The molecule has 20 heavy (non-hydrogen) atoms. The molecule has 2 N–H and O–H groups in total. The fourth-order valence-electron chi connectivity index (χ4n) is 2.37. The van der Waals surface area contributed by atoms with E-state index in [0.717, 1.165) is 0 Å². The second kappa shape index (κ2) is 6.60. The molecule has 110 valence electrons. The highest BCUT2D eigenvalue weighted by Gasteiger charge is 2.25. The standard InChI is InChI=1S/C13H16F2N2O3/c14-13(15)20-9-5-3-8(4-6-9)17-11-10(12(18)19)2-1-7-16-11/h1-2,7-9,13H,3-6H2,(H,16,17)(H,18,19). The lowest BCUT2D eigenvalue weighted by molar-refractivity contribution is -0.169. The van der Waals surface area contributed by atoms with Gasteiger partial charge in [-0.05, 0) is 37.8 Å². The normalized spacial score (nSPS) is 22.8. The molecule has 0 unspecified atom stereocenters. The second-order valence-corrected chi connectivity index (χ2v) is 4.72. The van der Waals surface area contributed by atoms with Crippen molar-refractivity contribution in [3.05, 3.63) is 23.9 Å². The van der Waals surface area contributed by atoms with Crippen LogP contribution in [-0.2, 0) is 4.74 Å². The Morgan fingerprint density at radius 3 is 2.70 bits per heavy atom. The average molecular weight is 286 g/mol. The molecule has 0 spiro atoms. The molecule has 0 saturated heterocycles. The summed E-state index contributed by atoms with van der Waals surface area (Å²) < 4.78 is 28.7. The summed E-state index contributed by atoms with van der Waals surface area (Å²) in [4.78, 5) is 15.1. The van der Waals surface area contributed by atoms with Crippen LogP contribution >= 0.6 is 0 Å². The fourth-order valence-corrected chi connectivity index (χ4v) is 2.37. The number of ether oxygens (including phenoxy) is 1. The van der Waals surface area contributed by atoms with Gasteiger partial charge < -0.3 is 15.2 Å². The van der Waals surface area contributed by atoms with Gasteiger partial charge in [0.05, 0.1) is 6.10 Å². The van der Waals surface area contributed by atoms with E-state index < -0.39 is 18.7 Å². The van der Waals surface area contributed by atoms with Crippen molar-refractivity contribution < 1.29 is 23.4 Å². The predicted octanol–water partition coefficient (Wildman–Crippen LogP) is 2.74. The van der Waals surface area contributed by atoms with Gasteiger partial charge in [0, 0.05) is 12.2 Å². The van der Waals surface area contributed by atoms with E-state index in [4.69, 9.17) is 5.11 Å². The number of hydrogen-bond acceptors (Lipinski definition) is 4. The fraction of sp³-hybridized carbons (Fsp3) is 0.538. The molecule has 1 aromatic heterocycles. The Bertz CT molecular complexity index is 463. The summed E-state index contributed by atoms with van der Waals surface area (Å²) >= 11 is 0. The number of alkyl halides is 2. The van der Waals surface area contributed by atoms with Crippen molar-refractivity contribution in [2.45, 2.75) is 44.4 Å². The number of carboxylic acids is 1. The van der Waals surface area contributed by atoms with Gasteiger partial charge in [0.15, 0.2) is 0 Å². The number of hydrogen-bond donors (Lipinski definition) is 2. The van der Waals surface area contributed by atoms with Gasteiger partial charge in [-0.1, -0.05) is 0 Å². The minimum absolute atomic E-state index is 0.0283. The monoisotopic (exact) mass is 286 g/mol. The van der Waals surface area contributed by atoms with Gasteiger partial charge in [0.2, 0.25) is 0 Å². The molecule has 0 aromatic carbocycles. The Hall–Kier alpha value is -1.76. The van der Waals surface area contributed by atoms with Crippen LogP contribution in [0, 0.1) is 0 Å². The van der Waals surface area contributed by atoms with Crippen molar-refractivity contribution in [2.75, 3.05) is 5.32 Å². The molecule has 1 aliphatic rings. The smallest absolute Gasteiger partial charge is 0.345 e. The number of carbonyl (C=O) groups is 1. The minimum atomic E-state index is -2.74. The Kier molecular flexibility index (Phi) is 4.84. The number of aromatic carboxylic acids is 1. The lowest BCUT2D eigenvalue weighted by Gasteiger charge is -2.29. The maximum absolute atomic E-state index is 12.1. The lowest BCUT2D eigenvalue weighted by Crippen LogP contribution is -2.31. The molecule has 0 amide bonds. The van der Waals surface area contributed by atoms with Gasteiger partial charge in [-0.3, -0.25) is 0 Å². The van der Waals surface area contributed by atoms with E-state index in [1.165, 1.54) is 12.3 Å². The first kappa shape index (κ1) is 14.6. The number of carboxylic acid groups (broad SMARTS) is 1. The largest absolute Gasteiger partial charge is 0.478 e. The van der Waals surface area contributed by atoms with E-state index in [1.807, 2.05) is 0 Å². The van der Waals surface area contributed by atoms with Crippen molar-refractivity contribution >= 4 is 11.8 Å². The summed E-state index contributed by atoms with van der Waals surface area (Å²) in [5.41, 5.74) is 0.110. The SMILES string of the molecule is O=C(O)c1cccnc1NC1CCC(OC(F)F)CC1. The first-order valence-electron chi connectivity index (χ1n) is 6.44. The highest BCUT2D eigenvalue weighted by molar-refractivity contribution is 5.93. The summed E-state index contributed by atoms with van der Waals surface area (Å²) in [5.74, 6) is -0.728. The number of halogens is 2. The van der Waals surface area contributed by atoms with Crippen LogP contribution in [-0.4, -0.2) is 34.8 Å². The molecule has 1 heterocycles. The zero-order valence-corrected chi connectivity index (χ0v) is 10.8. The van der Waals surface area contributed by atoms with Crippen LogP contribution in [0.2, 0.25) is 0 Å². The zero-order valence-electron chi connectivity index (χ0n) is 10.8. The van der Waals surface area contributed by atoms with Gasteiger partial charge in [0.1, 0.15) is 11.4 Å². The van der Waals surface area contributed by atoms with E-state index in [2.05, 4.69) is 15.0 Å². The van der Waals surface area contributed by atoms with E-state index in [0.29, 0.717) is 31.5 Å². The van der Waals surface area contributed by atoms with Crippen LogP contribution in [0.3, 0.4) is 0 Å². The highest BCUT2D eigenvalue weighted by atomic mass is 19.3. The van der Waals surface area contributed by atoms with Gasteiger partial charge in [-0.25, -0.2) is 9.78 Å². The average Bonchev–Trinajstić information content (AvgIpc) is 2.41. The molecular formula is C13H16F2N2O3. The number of aromatic nitrogens is 1. The number of rotatable bonds is 5. The molecule has 1 aromatic rings. The van der Waals surface area contributed by atoms with E-state index in [-0.39, 0.29) is 11.6 Å². The molecule has 5 nitrogen and oxygen atoms in total. The predicted molar refractivity (Wildman–Crippen MR) is 68.0 cm³/mol. The first-order chi connectivity index (χ1) is 9.56. The van der Waals surface area contributed by atoms with Crippen molar-refractivity contribution in [1.82, 2.24) is 4.98 Å². The van der Waals surface area contributed by atoms with Crippen molar-refractivity contribution in [3.63, 3.8) is 0 Å². The summed E-state index contributed by atoms with van der Waals surface area (Å²) in [6.07, 6.45) is 3.44. The molecule has 7 heteroatoms. The minimum Gasteiger partial charge on any atom is -0.478 e. The van der Waals surface area contributed by atoms with Crippen LogP contribution in [0.15, 0.2) is 18.3 Å². The van der Waals surface area contributed by atoms with Crippen molar-refractivity contribution in [1.29, 1.82) is 0 Å². The highest BCUT2D eigenvalue weighted by Crippen LogP contribution is 2.25. The van der Waals surface area contributed by atoms with Gasteiger partial charge in [0.25, 0.3) is 0 Å². The molecule has 0 atom stereocenters. The molecule has 1 saturated carbocycles. The van der Waals surface area contributed by atoms with Gasteiger partial charge in [-0.15, -0.1) is 0 Å². The number of anilines is 1. The van der Waals surface area contributed by atoms with E-state index in [9.17, 15) is 13.6 Å². The molecule has 1 fully saturated rings. The summed E-state index contributed by atoms with van der Waals surface area (Å²) in [7, 11) is 0. The third kappa shape index (κ3) is 3.86. The molecular weight excluding hydrogens is 270 g/mol. The number of nitrogens with zero attached hydrogens (tertiary/aromatic N) is 1. The molecule has 0 radical (unpaired) electrons. The maximum Gasteiger partial charge on any atom is 0.345 e. The Morgan fingerprint density at radius 1 is 1.40 bits per heavy atom. The van der Waals surface area contributed by atoms with Crippen molar-refractivity contribution in [3.8, 4) is 0 Å².